The van der Waals surface area contributed by atoms with Crippen LogP contribution in [-0.2, 0) is 16.1 Å². The van der Waals surface area contributed by atoms with Gasteiger partial charge in [-0.3, -0.25) is 9.59 Å². The number of nitrogens with one attached hydrogen (secondary N) is 2. The molecule has 7 heteroatoms. The summed E-state index contributed by atoms with van der Waals surface area (Å²) in [5.41, 5.74) is 4.05. The molecule has 0 unspecified atom stereocenters. The van der Waals surface area contributed by atoms with E-state index in [1.165, 1.54) is 23.8 Å². The molecule has 7 nitrogen and oxygen atoms in total. The molecule has 0 aliphatic carbocycles. The van der Waals surface area contributed by atoms with Gasteiger partial charge in [0.15, 0.2) is 0 Å². The summed E-state index contributed by atoms with van der Waals surface area (Å²) in [7, 11) is 0. The van der Waals surface area contributed by atoms with Gasteiger partial charge in [0.25, 0.3) is 5.91 Å². The molecule has 0 aliphatic rings. The SMILES string of the molecule is CCOC(=O)Oc1ccc(C(=O)Nc2ccc(CNC(=O)/C=C/c3ccc(C)cc3)cc2)cc1. The Morgan fingerprint density at radius 2 is 1.56 bits per heavy atom. The Labute approximate surface area is 198 Å². The molecule has 3 aromatic rings. The fourth-order valence-corrected chi connectivity index (χ4v) is 2.92. The molecule has 0 aromatic heterocycles. The molecule has 2 amide bonds. The van der Waals surface area contributed by atoms with E-state index in [9.17, 15) is 14.4 Å². The van der Waals surface area contributed by atoms with Crippen molar-refractivity contribution in [2.24, 2.45) is 0 Å². The standard InChI is InChI=1S/C27H26N2O5/c1-3-33-27(32)34-24-15-11-22(12-16-24)26(31)29-23-13-8-21(9-14-23)18-28-25(30)17-10-20-6-4-19(2)5-7-20/h4-17H,3,18H2,1-2H3,(H,28,30)(H,29,31)/b17-10+. The lowest BCUT2D eigenvalue weighted by Gasteiger charge is -2.08. The number of anilines is 1. The molecule has 0 radical (unpaired) electrons. The van der Waals surface area contributed by atoms with Crippen molar-refractivity contribution in [3.05, 3.63) is 101 Å². The zero-order valence-corrected chi connectivity index (χ0v) is 19.0. The zero-order valence-electron chi connectivity index (χ0n) is 19.0. The van der Waals surface area contributed by atoms with Gasteiger partial charge in [0.2, 0.25) is 5.91 Å². The van der Waals surface area contributed by atoms with Crippen molar-refractivity contribution in [1.82, 2.24) is 5.32 Å². The first-order chi connectivity index (χ1) is 16.4. The molecule has 0 saturated carbocycles. The number of carbonyl (C=O) groups excluding carboxylic acids is 3. The van der Waals surface area contributed by atoms with Crippen molar-refractivity contribution in [2.45, 2.75) is 20.4 Å². The molecule has 0 fully saturated rings. The normalized spacial score (nSPS) is 10.5. The van der Waals surface area contributed by atoms with E-state index in [-0.39, 0.29) is 24.2 Å². The van der Waals surface area contributed by atoms with Gasteiger partial charge in [-0.1, -0.05) is 42.0 Å². The van der Waals surface area contributed by atoms with Crippen LogP contribution in [0, 0.1) is 6.92 Å². The summed E-state index contributed by atoms with van der Waals surface area (Å²) in [6.45, 7) is 4.28. The summed E-state index contributed by atoms with van der Waals surface area (Å²) in [6.07, 6.45) is 2.48. The molecule has 0 aliphatic heterocycles. The highest BCUT2D eigenvalue weighted by molar-refractivity contribution is 6.04. The molecule has 0 saturated heterocycles. The average molecular weight is 459 g/mol. The third-order valence-electron chi connectivity index (χ3n) is 4.76. The van der Waals surface area contributed by atoms with Crippen LogP contribution in [0.2, 0.25) is 0 Å². The minimum Gasteiger partial charge on any atom is -0.434 e. The molecule has 0 atom stereocenters. The number of carbonyl (C=O) groups is 3. The predicted octanol–water partition coefficient (Wildman–Crippen LogP) is 5.11. The Kier molecular flexibility index (Phi) is 8.57. The van der Waals surface area contributed by atoms with E-state index in [4.69, 9.17) is 9.47 Å². The quantitative estimate of drug-likeness (QED) is 0.278. The number of hydrogen-bond acceptors (Lipinski definition) is 5. The molecule has 0 bridgehead atoms. The molecular weight excluding hydrogens is 432 g/mol. The first-order valence-corrected chi connectivity index (χ1v) is 10.8. The topological polar surface area (TPSA) is 93.7 Å². The van der Waals surface area contributed by atoms with Gasteiger partial charge in [-0.05, 0) is 67.4 Å². The minimum absolute atomic E-state index is 0.187. The Hall–Kier alpha value is -4.39. The predicted molar refractivity (Wildman–Crippen MR) is 131 cm³/mol. The number of ether oxygens (including phenoxy) is 2. The Balaban J connectivity index is 1.47. The smallest absolute Gasteiger partial charge is 0.434 e. The second kappa shape index (κ2) is 12.0. The van der Waals surface area contributed by atoms with Crippen LogP contribution < -0.4 is 15.4 Å². The fourth-order valence-electron chi connectivity index (χ4n) is 2.92. The number of hydrogen-bond donors (Lipinski definition) is 2. The van der Waals surface area contributed by atoms with Crippen LogP contribution in [0.3, 0.4) is 0 Å². The van der Waals surface area contributed by atoms with Crippen LogP contribution in [-0.4, -0.2) is 24.6 Å². The van der Waals surface area contributed by atoms with Crippen LogP contribution in [0.15, 0.2) is 78.9 Å². The second-order valence-electron chi connectivity index (χ2n) is 7.42. The number of benzene rings is 3. The summed E-state index contributed by atoms with van der Waals surface area (Å²) >= 11 is 0. The van der Waals surface area contributed by atoms with Crippen LogP contribution in [0.5, 0.6) is 5.75 Å². The van der Waals surface area contributed by atoms with Gasteiger partial charge in [-0.15, -0.1) is 0 Å². The average Bonchev–Trinajstić information content (AvgIpc) is 2.84. The third kappa shape index (κ3) is 7.63. The van der Waals surface area contributed by atoms with E-state index >= 15 is 0 Å². The zero-order chi connectivity index (χ0) is 24.3. The molecule has 0 spiro atoms. The highest BCUT2D eigenvalue weighted by Crippen LogP contribution is 2.16. The second-order valence-corrected chi connectivity index (χ2v) is 7.42. The molecular formula is C27H26N2O5. The van der Waals surface area contributed by atoms with E-state index in [1.54, 1.807) is 37.3 Å². The van der Waals surface area contributed by atoms with Crippen molar-refractivity contribution in [3.63, 3.8) is 0 Å². The maximum absolute atomic E-state index is 12.4. The van der Waals surface area contributed by atoms with E-state index in [1.807, 2.05) is 43.3 Å². The highest BCUT2D eigenvalue weighted by Gasteiger charge is 2.09. The molecule has 3 aromatic carbocycles. The van der Waals surface area contributed by atoms with Gasteiger partial charge in [0, 0.05) is 23.9 Å². The van der Waals surface area contributed by atoms with E-state index in [0.717, 1.165) is 11.1 Å². The van der Waals surface area contributed by atoms with Crippen LogP contribution in [0.4, 0.5) is 10.5 Å². The Bertz CT molecular complexity index is 1150. The summed E-state index contributed by atoms with van der Waals surface area (Å²) in [6, 6.07) is 21.2. The lowest BCUT2D eigenvalue weighted by molar-refractivity contribution is -0.116. The van der Waals surface area contributed by atoms with Gasteiger partial charge in [-0.2, -0.15) is 0 Å². The third-order valence-corrected chi connectivity index (χ3v) is 4.76. The summed E-state index contributed by atoms with van der Waals surface area (Å²) in [5.74, 6) is -0.201. The maximum Gasteiger partial charge on any atom is 0.513 e. The van der Waals surface area contributed by atoms with E-state index in [0.29, 0.717) is 17.8 Å². The molecule has 0 heterocycles. The van der Waals surface area contributed by atoms with Crippen LogP contribution in [0.25, 0.3) is 6.08 Å². The van der Waals surface area contributed by atoms with Gasteiger partial charge in [0.1, 0.15) is 5.75 Å². The van der Waals surface area contributed by atoms with Crippen molar-refractivity contribution in [2.75, 3.05) is 11.9 Å². The van der Waals surface area contributed by atoms with Crippen LogP contribution >= 0.6 is 0 Å². The van der Waals surface area contributed by atoms with Crippen LogP contribution in [0.1, 0.15) is 34.0 Å². The van der Waals surface area contributed by atoms with E-state index in [2.05, 4.69) is 10.6 Å². The first-order valence-electron chi connectivity index (χ1n) is 10.8. The van der Waals surface area contributed by atoms with Gasteiger partial charge in [0.05, 0.1) is 6.61 Å². The highest BCUT2D eigenvalue weighted by atomic mass is 16.7. The lowest BCUT2D eigenvalue weighted by atomic mass is 10.1. The largest absolute Gasteiger partial charge is 0.513 e. The van der Waals surface area contributed by atoms with Gasteiger partial charge in [-0.25, -0.2) is 4.79 Å². The molecule has 174 valence electrons. The molecule has 2 N–H and O–H groups in total. The van der Waals surface area contributed by atoms with Gasteiger partial charge < -0.3 is 20.1 Å². The lowest BCUT2D eigenvalue weighted by Crippen LogP contribution is -2.20. The summed E-state index contributed by atoms with van der Waals surface area (Å²) < 4.78 is 9.69. The molecule has 3 rings (SSSR count). The molecule has 34 heavy (non-hydrogen) atoms. The van der Waals surface area contributed by atoms with Crippen molar-refractivity contribution in [3.8, 4) is 5.75 Å². The van der Waals surface area contributed by atoms with Gasteiger partial charge >= 0.3 is 6.16 Å². The fraction of sp³-hybridized carbons (Fsp3) is 0.148. The van der Waals surface area contributed by atoms with Crippen molar-refractivity contribution >= 4 is 29.7 Å². The minimum atomic E-state index is -0.793. The number of aryl methyl sites for hydroxylation is 1. The monoisotopic (exact) mass is 458 g/mol. The van der Waals surface area contributed by atoms with E-state index < -0.39 is 6.16 Å². The maximum atomic E-state index is 12.4. The van der Waals surface area contributed by atoms with Crippen molar-refractivity contribution < 1.29 is 23.9 Å². The first kappa shape index (κ1) is 24.3. The number of rotatable bonds is 8. The van der Waals surface area contributed by atoms with Crippen molar-refractivity contribution in [1.29, 1.82) is 0 Å². The Morgan fingerprint density at radius 3 is 2.21 bits per heavy atom. The summed E-state index contributed by atoms with van der Waals surface area (Å²) in [5, 5.41) is 5.64. The number of amides is 2. The Morgan fingerprint density at radius 1 is 0.882 bits per heavy atom. The summed E-state index contributed by atoms with van der Waals surface area (Å²) in [4.78, 5) is 35.8.